The second-order valence-electron chi connectivity index (χ2n) is 8.54. The number of rotatable bonds is 6. The Bertz CT molecular complexity index is 1740. The summed E-state index contributed by atoms with van der Waals surface area (Å²) in [6.45, 7) is 0.329. The summed E-state index contributed by atoms with van der Waals surface area (Å²) in [4.78, 5) is 38.7. The van der Waals surface area contributed by atoms with Gasteiger partial charge < -0.3 is 14.5 Å². The Morgan fingerprint density at radius 1 is 0.838 bits per heavy atom. The first kappa shape index (κ1) is 24.6. The van der Waals surface area contributed by atoms with Gasteiger partial charge in [0.25, 0.3) is 11.5 Å². The number of aromatic nitrogens is 2. The predicted octanol–water partition coefficient (Wildman–Crippen LogP) is 5.44. The molecule has 184 valence electrons. The molecule has 0 bridgehead atoms. The van der Waals surface area contributed by atoms with E-state index in [1.54, 1.807) is 48.8 Å². The van der Waals surface area contributed by atoms with E-state index in [1.165, 1.54) is 10.6 Å². The van der Waals surface area contributed by atoms with Crippen molar-refractivity contribution in [1.29, 1.82) is 0 Å². The van der Waals surface area contributed by atoms with Crippen molar-refractivity contribution in [2.45, 2.75) is 13.1 Å². The first-order chi connectivity index (χ1) is 17.9. The van der Waals surface area contributed by atoms with Crippen LogP contribution in [0.4, 0.5) is 0 Å². The maximum absolute atomic E-state index is 13.2. The lowest BCUT2D eigenvalue weighted by Crippen LogP contribution is -2.29. The number of carbonyl (C=O) groups is 1. The summed E-state index contributed by atoms with van der Waals surface area (Å²) in [6.07, 6.45) is 3.28. The molecule has 8 heteroatoms. The summed E-state index contributed by atoms with van der Waals surface area (Å²) >= 11 is 12.2. The van der Waals surface area contributed by atoms with Crippen molar-refractivity contribution in [2.24, 2.45) is 0 Å². The van der Waals surface area contributed by atoms with Crippen LogP contribution >= 0.6 is 23.2 Å². The maximum atomic E-state index is 13.2. The van der Waals surface area contributed by atoms with Gasteiger partial charge in [-0.2, -0.15) is 0 Å². The van der Waals surface area contributed by atoms with E-state index in [0.29, 0.717) is 33.1 Å². The maximum Gasteiger partial charge on any atom is 0.251 e. The highest BCUT2D eigenvalue weighted by Gasteiger charge is 2.13. The number of pyridine rings is 2. The molecular weight excluding hydrogens is 509 g/mol. The lowest BCUT2D eigenvalue weighted by atomic mass is 10.1. The van der Waals surface area contributed by atoms with Gasteiger partial charge >= 0.3 is 0 Å². The zero-order valence-electron chi connectivity index (χ0n) is 19.5. The number of para-hydroxylation sites is 1. The molecule has 0 aliphatic carbocycles. The molecule has 0 radical (unpaired) electrons. The van der Waals surface area contributed by atoms with E-state index in [-0.39, 0.29) is 23.1 Å². The third-order valence-electron chi connectivity index (χ3n) is 6.01. The molecule has 5 aromatic rings. The van der Waals surface area contributed by atoms with Crippen LogP contribution in [0.1, 0.15) is 21.5 Å². The van der Waals surface area contributed by atoms with Crippen molar-refractivity contribution in [3.05, 3.63) is 145 Å². The Kier molecular flexibility index (Phi) is 6.95. The topological polar surface area (TPSA) is 73.1 Å². The van der Waals surface area contributed by atoms with E-state index < -0.39 is 5.91 Å². The van der Waals surface area contributed by atoms with E-state index in [2.05, 4.69) is 5.32 Å². The number of halogens is 2. The highest BCUT2D eigenvalue weighted by molar-refractivity contribution is 6.31. The molecular formula is C29H21Cl2N3O3. The molecule has 3 aromatic carbocycles. The number of amides is 1. The fourth-order valence-corrected chi connectivity index (χ4v) is 4.55. The smallest absolute Gasteiger partial charge is 0.251 e. The van der Waals surface area contributed by atoms with E-state index in [0.717, 1.165) is 11.3 Å². The van der Waals surface area contributed by atoms with E-state index in [4.69, 9.17) is 23.2 Å². The lowest BCUT2D eigenvalue weighted by molar-refractivity contribution is 0.0950. The first-order valence-electron chi connectivity index (χ1n) is 11.5. The molecule has 1 amide bonds. The molecule has 1 N–H and O–H groups in total. The Morgan fingerprint density at radius 3 is 2.38 bits per heavy atom. The van der Waals surface area contributed by atoms with Crippen molar-refractivity contribution in [3.8, 4) is 5.69 Å². The van der Waals surface area contributed by atoms with E-state index in [1.807, 2.05) is 47.0 Å². The number of nitrogens with zero attached hydrogens (tertiary/aromatic N) is 2. The van der Waals surface area contributed by atoms with Gasteiger partial charge in [-0.15, -0.1) is 0 Å². The number of hydrogen-bond acceptors (Lipinski definition) is 3. The minimum Gasteiger partial charge on any atom is -0.348 e. The van der Waals surface area contributed by atoms with Gasteiger partial charge in [0, 0.05) is 57.3 Å². The third-order valence-corrected chi connectivity index (χ3v) is 6.48. The molecule has 6 nitrogen and oxygen atoms in total. The third kappa shape index (κ3) is 5.35. The Labute approximate surface area is 222 Å². The minimum absolute atomic E-state index is 0.00529. The molecule has 2 aromatic heterocycles. The van der Waals surface area contributed by atoms with Crippen LogP contribution in [-0.4, -0.2) is 15.0 Å². The standard InChI is InChI=1S/C29H21Cl2N3O3/c30-22-6-4-5-19(13-22)17-33-12-11-20(14-27(33)35)29(37)32-16-21-18-34(24-7-2-1-3-8-24)26-15-23(31)9-10-25(26)28(21)36/h1-15,18H,16-17H2,(H,32,37). The molecule has 0 spiro atoms. The number of nitrogens with one attached hydrogen (secondary N) is 1. The minimum atomic E-state index is -0.450. The molecule has 2 heterocycles. The highest BCUT2D eigenvalue weighted by Crippen LogP contribution is 2.21. The molecule has 5 rings (SSSR count). The van der Waals surface area contributed by atoms with Crippen LogP contribution in [-0.2, 0) is 13.1 Å². The van der Waals surface area contributed by atoms with Crippen LogP contribution in [0.3, 0.4) is 0 Å². The van der Waals surface area contributed by atoms with Crippen molar-refractivity contribution in [1.82, 2.24) is 14.5 Å². The van der Waals surface area contributed by atoms with Crippen LogP contribution in [0.15, 0.2) is 107 Å². The van der Waals surface area contributed by atoms with Gasteiger partial charge in [-0.05, 0) is 54.1 Å². The molecule has 37 heavy (non-hydrogen) atoms. The molecule has 0 saturated carbocycles. The summed E-state index contributed by atoms with van der Waals surface area (Å²) in [6, 6.07) is 24.8. The van der Waals surface area contributed by atoms with Gasteiger partial charge in [0.2, 0.25) is 0 Å². The Balaban J connectivity index is 1.40. The first-order valence-corrected chi connectivity index (χ1v) is 12.3. The molecule has 0 aliphatic rings. The highest BCUT2D eigenvalue weighted by atomic mass is 35.5. The van der Waals surface area contributed by atoms with E-state index in [9.17, 15) is 14.4 Å². The van der Waals surface area contributed by atoms with Crippen LogP contribution < -0.4 is 16.3 Å². The number of benzene rings is 3. The van der Waals surface area contributed by atoms with Gasteiger partial charge in [0.1, 0.15) is 0 Å². The van der Waals surface area contributed by atoms with Crippen LogP contribution in [0.5, 0.6) is 0 Å². The van der Waals surface area contributed by atoms with Gasteiger partial charge in [-0.3, -0.25) is 14.4 Å². The fraction of sp³-hybridized carbons (Fsp3) is 0.0690. The van der Waals surface area contributed by atoms with Crippen LogP contribution in [0.2, 0.25) is 10.0 Å². The quantitative estimate of drug-likeness (QED) is 0.318. The number of hydrogen-bond donors (Lipinski definition) is 1. The second-order valence-corrected chi connectivity index (χ2v) is 9.42. The van der Waals surface area contributed by atoms with Crippen LogP contribution in [0, 0.1) is 0 Å². The molecule has 0 fully saturated rings. The normalized spacial score (nSPS) is 11.0. The monoisotopic (exact) mass is 529 g/mol. The zero-order valence-corrected chi connectivity index (χ0v) is 21.0. The molecule has 0 saturated heterocycles. The number of carbonyl (C=O) groups excluding carboxylic acids is 1. The summed E-state index contributed by atoms with van der Waals surface area (Å²) in [5.41, 5.74) is 2.49. The van der Waals surface area contributed by atoms with Gasteiger partial charge in [-0.25, -0.2) is 0 Å². The molecule has 0 aliphatic heterocycles. The van der Waals surface area contributed by atoms with Crippen molar-refractivity contribution in [2.75, 3.05) is 0 Å². The summed E-state index contributed by atoms with van der Waals surface area (Å²) in [5, 5.41) is 4.36. The molecule has 0 unspecified atom stereocenters. The lowest BCUT2D eigenvalue weighted by Gasteiger charge is -2.14. The summed E-state index contributed by atoms with van der Waals surface area (Å²) in [5.74, 6) is -0.450. The number of fused-ring (bicyclic) bond motifs is 1. The van der Waals surface area contributed by atoms with Crippen molar-refractivity contribution in [3.63, 3.8) is 0 Å². The van der Waals surface area contributed by atoms with Crippen molar-refractivity contribution < 1.29 is 4.79 Å². The van der Waals surface area contributed by atoms with E-state index >= 15 is 0 Å². The van der Waals surface area contributed by atoms with Gasteiger partial charge in [0.05, 0.1) is 12.1 Å². The summed E-state index contributed by atoms with van der Waals surface area (Å²) < 4.78 is 3.37. The summed E-state index contributed by atoms with van der Waals surface area (Å²) in [7, 11) is 0. The van der Waals surface area contributed by atoms with Crippen LogP contribution in [0.25, 0.3) is 16.6 Å². The van der Waals surface area contributed by atoms with Gasteiger partial charge in [0.15, 0.2) is 5.43 Å². The predicted molar refractivity (Wildman–Crippen MR) is 147 cm³/mol. The largest absolute Gasteiger partial charge is 0.348 e. The Morgan fingerprint density at radius 2 is 1.62 bits per heavy atom. The SMILES string of the molecule is O=C(NCc1cn(-c2ccccc2)c2cc(Cl)ccc2c1=O)c1ccn(Cc2cccc(Cl)c2)c(=O)c1. The Hall–Kier alpha value is -4.13. The van der Waals surface area contributed by atoms with Crippen molar-refractivity contribution >= 4 is 40.0 Å². The average Bonchev–Trinajstić information content (AvgIpc) is 2.90. The molecule has 0 atom stereocenters. The second kappa shape index (κ2) is 10.5. The zero-order chi connectivity index (χ0) is 25.9. The average molecular weight is 530 g/mol. The van der Waals surface area contributed by atoms with Gasteiger partial charge in [-0.1, -0.05) is 53.5 Å². The fourth-order valence-electron chi connectivity index (χ4n) is 4.17.